The molecule has 1 saturated carbocycles. The Morgan fingerprint density at radius 2 is 2.04 bits per heavy atom. The van der Waals surface area contributed by atoms with Gasteiger partial charge in [-0.1, -0.05) is 30.7 Å². The van der Waals surface area contributed by atoms with Crippen LogP contribution in [0.5, 0.6) is 0 Å². The van der Waals surface area contributed by atoms with Crippen LogP contribution in [0, 0.1) is 6.92 Å². The van der Waals surface area contributed by atoms with E-state index < -0.39 is 11.0 Å². The molecule has 1 unspecified atom stereocenters. The van der Waals surface area contributed by atoms with Crippen LogP contribution in [0.15, 0.2) is 30.5 Å². The van der Waals surface area contributed by atoms with E-state index in [-0.39, 0.29) is 12.5 Å². The van der Waals surface area contributed by atoms with Crippen LogP contribution in [-0.4, -0.2) is 44.4 Å². The predicted octanol–water partition coefficient (Wildman–Crippen LogP) is 2.05. The Kier molecular flexibility index (Phi) is 3.87. The number of aryl methyl sites for hydroxylation is 1. The molecule has 1 aromatic carbocycles. The summed E-state index contributed by atoms with van der Waals surface area (Å²) in [7, 11) is 0. The van der Waals surface area contributed by atoms with Crippen molar-refractivity contribution in [3.63, 3.8) is 0 Å². The number of likely N-dealkylation sites (tertiary alicyclic amines) is 1. The van der Waals surface area contributed by atoms with Gasteiger partial charge in [0.05, 0.1) is 18.2 Å². The average molecular weight is 340 g/mol. The minimum Gasteiger partial charge on any atom is -0.382 e. The third kappa shape index (κ3) is 2.56. The topological polar surface area (TPSA) is 82.1 Å². The normalized spacial score (nSPS) is 25.4. The first-order chi connectivity index (χ1) is 12.1. The highest BCUT2D eigenvalue weighted by Gasteiger charge is 2.50. The van der Waals surface area contributed by atoms with E-state index in [0.29, 0.717) is 18.7 Å². The molecule has 2 heterocycles. The largest absolute Gasteiger partial charge is 0.382 e. The molecular formula is C19H24N4O2. The second kappa shape index (κ2) is 5.95. The first-order valence-corrected chi connectivity index (χ1v) is 8.99. The van der Waals surface area contributed by atoms with Crippen molar-refractivity contribution in [3.8, 4) is 0 Å². The molecule has 0 spiro atoms. The minimum atomic E-state index is -1.11. The number of aliphatic hydroxyl groups is 1. The fourth-order valence-corrected chi connectivity index (χ4v) is 4.39. The monoisotopic (exact) mass is 340 g/mol. The van der Waals surface area contributed by atoms with Gasteiger partial charge in [0, 0.05) is 6.54 Å². The molecule has 1 aromatic heterocycles. The molecule has 1 amide bonds. The minimum absolute atomic E-state index is 0.148. The molecule has 1 aliphatic carbocycles. The summed E-state index contributed by atoms with van der Waals surface area (Å²) < 4.78 is 0. The van der Waals surface area contributed by atoms with Crippen LogP contribution in [0.25, 0.3) is 0 Å². The summed E-state index contributed by atoms with van der Waals surface area (Å²) in [4.78, 5) is 15.3. The lowest BCUT2D eigenvalue weighted by Gasteiger charge is -2.47. The van der Waals surface area contributed by atoms with Crippen molar-refractivity contribution in [1.82, 2.24) is 20.3 Å². The number of benzene rings is 1. The van der Waals surface area contributed by atoms with Crippen LogP contribution in [0.1, 0.15) is 48.9 Å². The summed E-state index contributed by atoms with van der Waals surface area (Å²) in [6, 6.07) is 8.18. The van der Waals surface area contributed by atoms with E-state index in [0.717, 1.165) is 31.2 Å². The number of hydrogen-bond acceptors (Lipinski definition) is 4. The van der Waals surface area contributed by atoms with Crippen LogP contribution in [0.2, 0.25) is 0 Å². The van der Waals surface area contributed by atoms with Gasteiger partial charge in [0.25, 0.3) is 0 Å². The standard InChI is InChI=1S/C19H24N4O2/c1-14-6-2-3-7-15(14)18(8-4-9-18)17(24)23-11-5-10-19(25,13-23)16-12-20-22-21-16/h2-3,6-7,12,25H,4-5,8-11,13H2,1H3,(H,20,21,22). The highest BCUT2D eigenvalue weighted by atomic mass is 16.3. The van der Waals surface area contributed by atoms with Gasteiger partial charge < -0.3 is 10.0 Å². The smallest absolute Gasteiger partial charge is 0.233 e. The maximum absolute atomic E-state index is 13.5. The molecule has 132 valence electrons. The average Bonchev–Trinajstić information content (AvgIpc) is 3.11. The molecule has 4 rings (SSSR count). The molecule has 6 nitrogen and oxygen atoms in total. The van der Waals surface area contributed by atoms with Gasteiger partial charge in [-0.3, -0.25) is 4.79 Å². The van der Waals surface area contributed by atoms with E-state index in [1.54, 1.807) is 6.20 Å². The van der Waals surface area contributed by atoms with Gasteiger partial charge in [-0.05, 0) is 43.7 Å². The van der Waals surface area contributed by atoms with Crippen molar-refractivity contribution in [2.24, 2.45) is 0 Å². The number of carbonyl (C=O) groups excluding carboxylic acids is 1. The second-order valence-corrected chi connectivity index (χ2v) is 7.47. The lowest BCUT2D eigenvalue weighted by atomic mass is 9.62. The molecule has 2 aromatic rings. The van der Waals surface area contributed by atoms with E-state index >= 15 is 0 Å². The number of nitrogens with zero attached hydrogens (tertiary/aromatic N) is 3. The molecule has 2 fully saturated rings. The molecule has 0 radical (unpaired) electrons. The number of aromatic amines is 1. The zero-order valence-corrected chi connectivity index (χ0v) is 14.5. The first-order valence-electron chi connectivity index (χ1n) is 8.99. The number of piperidine rings is 1. The van der Waals surface area contributed by atoms with Gasteiger partial charge in [0.1, 0.15) is 11.3 Å². The molecule has 25 heavy (non-hydrogen) atoms. The van der Waals surface area contributed by atoms with Crippen molar-refractivity contribution in [2.75, 3.05) is 13.1 Å². The highest BCUT2D eigenvalue weighted by Crippen LogP contribution is 2.47. The molecule has 2 N–H and O–H groups in total. The van der Waals surface area contributed by atoms with E-state index in [9.17, 15) is 9.90 Å². The van der Waals surface area contributed by atoms with Gasteiger partial charge in [-0.2, -0.15) is 15.4 Å². The fraction of sp³-hybridized carbons (Fsp3) is 0.526. The molecule has 1 aliphatic heterocycles. The Bertz CT molecular complexity index is 769. The summed E-state index contributed by atoms with van der Waals surface area (Å²) in [6.07, 6.45) is 5.75. The van der Waals surface area contributed by atoms with Gasteiger partial charge in [0.2, 0.25) is 5.91 Å². The third-order valence-corrected chi connectivity index (χ3v) is 5.93. The molecule has 1 saturated heterocycles. The fourth-order valence-electron chi connectivity index (χ4n) is 4.39. The van der Waals surface area contributed by atoms with Gasteiger partial charge >= 0.3 is 0 Å². The van der Waals surface area contributed by atoms with E-state index in [4.69, 9.17) is 0 Å². The van der Waals surface area contributed by atoms with Gasteiger partial charge in [-0.25, -0.2) is 0 Å². The summed E-state index contributed by atoms with van der Waals surface area (Å²) in [5, 5.41) is 21.4. The number of carbonyl (C=O) groups is 1. The Morgan fingerprint density at radius 3 is 2.68 bits per heavy atom. The highest BCUT2D eigenvalue weighted by molar-refractivity contribution is 5.90. The van der Waals surface area contributed by atoms with Crippen LogP contribution in [0.4, 0.5) is 0 Å². The zero-order chi connectivity index (χ0) is 17.5. The number of nitrogens with one attached hydrogen (secondary N) is 1. The molecule has 1 atom stereocenters. The third-order valence-electron chi connectivity index (χ3n) is 5.93. The maximum Gasteiger partial charge on any atom is 0.233 e. The van der Waals surface area contributed by atoms with E-state index in [2.05, 4.69) is 34.5 Å². The number of amides is 1. The van der Waals surface area contributed by atoms with E-state index in [1.807, 2.05) is 17.0 Å². The predicted molar refractivity (Wildman–Crippen MR) is 92.8 cm³/mol. The maximum atomic E-state index is 13.5. The summed E-state index contributed by atoms with van der Waals surface area (Å²) in [5.74, 6) is 0.148. The van der Waals surface area contributed by atoms with E-state index in [1.165, 1.54) is 5.56 Å². The van der Waals surface area contributed by atoms with Gasteiger partial charge in [0.15, 0.2) is 0 Å². The Balaban J connectivity index is 1.63. The molecule has 0 bridgehead atoms. The van der Waals surface area contributed by atoms with Crippen molar-refractivity contribution in [1.29, 1.82) is 0 Å². The van der Waals surface area contributed by atoms with Crippen molar-refractivity contribution >= 4 is 5.91 Å². The van der Waals surface area contributed by atoms with Crippen LogP contribution >= 0.6 is 0 Å². The molecular weight excluding hydrogens is 316 g/mol. The van der Waals surface area contributed by atoms with Crippen molar-refractivity contribution < 1.29 is 9.90 Å². The quantitative estimate of drug-likeness (QED) is 0.896. The Morgan fingerprint density at radius 1 is 1.24 bits per heavy atom. The number of aromatic nitrogens is 3. The van der Waals surface area contributed by atoms with Crippen molar-refractivity contribution in [2.45, 2.75) is 50.0 Å². The first kappa shape index (κ1) is 16.3. The van der Waals surface area contributed by atoms with Crippen LogP contribution in [-0.2, 0) is 15.8 Å². The summed E-state index contributed by atoms with van der Waals surface area (Å²) in [5.41, 5.74) is 1.29. The van der Waals surface area contributed by atoms with Gasteiger partial charge in [-0.15, -0.1) is 0 Å². The molecule has 2 aliphatic rings. The number of hydrogen-bond donors (Lipinski definition) is 2. The molecule has 6 heteroatoms. The number of β-amino-alcohol motifs (C(OH)–C–C–N with tert-alkyl or cyclic N) is 1. The Labute approximate surface area is 147 Å². The van der Waals surface area contributed by atoms with Crippen LogP contribution < -0.4 is 0 Å². The SMILES string of the molecule is Cc1ccccc1C1(C(=O)N2CCCC(O)(c3cn[nH]n3)C2)CCC1. The zero-order valence-electron chi connectivity index (χ0n) is 14.5. The summed E-state index contributed by atoms with van der Waals surface area (Å²) >= 11 is 0. The Hall–Kier alpha value is -2.21. The lowest BCUT2D eigenvalue weighted by molar-refractivity contribution is -0.148. The second-order valence-electron chi connectivity index (χ2n) is 7.47. The van der Waals surface area contributed by atoms with Crippen molar-refractivity contribution in [3.05, 3.63) is 47.3 Å². The number of H-pyrrole nitrogens is 1. The van der Waals surface area contributed by atoms with Crippen LogP contribution in [0.3, 0.4) is 0 Å². The lowest BCUT2D eigenvalue weighted by Crippen LogP contribution is -2.57. The summed E-state index contributed by atoms with van der Waals surface area (Å²) in [6.45, 7) is 3.04. The number of rotatable bonds is 3.